The van der Waals surface area contributed by atoms with E-state index in [1.54, 1.807) is 7.11 Å². The van der Waals surface area contributed by atoms with Crippen LogP contribution in [0.1, 0.15) is 35.2 Å². The second-order valence-corrected chi connectivity index (χ2v) is 5.47. The van der Waals surface area contributed by atoms with Gasteiger partial charge in [-0.1, -0.05) is 12.1 Å². The number of hydrogen-bond donors (Lipinski definition) is 1. The Morgan fingerprint density at radius 1 is 1.33 bits per heavy atom. The lowest BCUT2D eigenvalue weighted by Crippen LogP contribution is -2.38. The van der Waals surface area contributed by atoms with Crippen LogP contribution in [-0.2, 0) is 16.1 Å². The number of carboxylic acid groups (broad SMARTS) is 1. The molecule has 0 unspecified atom stereocenters. The van der Waals surface area contributed by atoms with E-state index in [0.717, 1.165) is 18.4 Å². The second-order valence-electron chi connectivity index (χ2n) is 5.47. The molecule has 0 atom stereocenters. The highest BCUT2D eigenvalue weighted by molar-refractivity contribution is 5.94. The molecule has 1 aromatic carbocycles. The molecule has 0 radical (unpaired) electrons. The molecule has 1 fully saturated rings. The van der Waals surface area contributed by atoms with E-state index in [4.69, 9.17) is 9.84 Å². The number of rotatable bonds is 5. The smallest absolute Gasteiger partial charge is 0.303 e. The van der Waals surface area contributed by atoms with Crippen LogP contribution in [0.2, 0.25) is 0 Å². The Balaban J connectivity index is 1.95. The van der Waals surface area contributed by atoms with Gasteiger partial charge in [-0.3, -0.25) is 9.59 Å². The van der Waals surface area contributed by atoms with Crippen molar-refractivity contribution in [3.05, 3.63) is 35.4 Å². The fraction of sp³-hybridized carbons (Fsp3) is 0.500. The minimum Gasteiger partial charge on any atom is -0.481 e. The Morgan fingerprint density at radius 3 is 2.67 bits per heavy atom. The van der Waals surface area contributed by atoms with Gasteiger partial charge in [0.1, 0.15) is 0 Å². The topological polar surface area (TPSA) is 66.8 Å². The molecule has 0 aromatic heterocycles. The van der Waals surface area contributed by atoms with Crippen molar-refractivity contribution in [2.45, 2.75) is 25.9 Å². The predicted molar refractivity (Wildman–Crippen MR) is 78.0 cm³/mol. The van der Waals surface area contributed by atoms with Crippen LogP contribution >= 0.6 is 0 Å². The Morgan fingerprint density at radius 2 is 2.05 bits per heavy atom. The van der Waals surface area contributed by atoms with E-state index in [1.807, 2.05) is 29.2 Å². The highest BCUT2D eigenvalue weighted by atomic mass is 16.5. The molecule has 1 aromatic rings. The average Bonchev–Trinajstić information content (AvgIpc) is 2.47. The van der Waals surface area contributed by atoms with E-state index in [0.29, 0.717) is 25.3 Å². The first-order valence-corrected chi connectivity index (χ1v) is 7.19. The Labute approximate surface area is 124 Å². The summed E-state index contributed by atoms with van der Waals surface area (Å²) in [5.74, 6) is -0.555. The lowest BCUT2D eigenvalue weighted by Gasteiger charge is -2.31. The van der Waals surface area contributed by atoms with Gasteiger partial charge in [-0.05, 0) is 36.5 Å². The summed E-state index contributed by atoms with van der Waals surface area (Å²) in [4.78, 5) is 25.0. The molecule has 0 bridgehead atoms. The molecule has 1 saturated heterocycles. The maximum Gasteiger partial charge on any atom is 0.303 e. The number of aliphatic carboxylic acids is 1. The first kappa shape index (κ1) is 15.5. The van der Waals surface area contributed by atoms with Crippen molar-refractivity contribution in [1.82, 2.24) is 4.90 Å². The standard InChI is InChI=1S/C16H21NO4/c1-21-11-13-3-2-4-14(9-13)16(20)17-7-5-12(6-8-17)10-15(18)19/h2-4,9,12H,5-8,10-11H2,1H3,(H,18,19). The van der Waals surface area contributed by atoms with E-state index < -0.39 is 5.97 Å². The monoisotopic (exact) mass is 291 g/mol. The Hall–Kier alpha value is -1.88. The van der Waals surface area contributed by atoms with Crippen molar-refractivity contribution in [2.75, 3.05) is 20.2 Å². The number of ether oxygens (including phenoxy) is 1. The zero-order valence-corrected chi connectivity index (χ0v) is 12.2. The quantitative estimate of drug-likeness (QED) is 0.902. The first-order chi connectivity index (χ1) is 10.1. The summed E-state index contributed by atoms with van der Waals surface area (Å²) in [6, 6.07) is 7.46. The average molecular weight is 291 g/mol. The number of nitrogens with zero attached hydrogens (tertiary/aromatic N) is 1. The number of likely N-dealkylation sites (tertiary alicyclic amines) is 1. The van der Waals surface area contributed by atoms with E-state index in [-0.39, 0.29) is 18.2 Å². The number of carboxylic acids is 1. The minimum atomic E-state index is -0.757. The number of hydrogen-bond acceptors (Lipinski definition) is 3. The molecule has 0 spiro atoms. The van der Waals surface area contributed by atoms with Gasteiger partial charge in [-0.2, -0.15) is 0 Å². The molecular formula is C16H21NO4. The van der Waals surface area contributed by atoms with Crippen LogP contribution in [0.5, 0.6) is 0 Å². The molecule has 1 heterocycles. The van der Waals surface area contributed by atoms with E-state index in [9.17, 15) is 9.59 Å². The number of amides is 1. The molecule has 1 amide bonds. The van der Waals surface area contributed by atoms with Crippen molar-refractivity contribution in [3.63, 3.8) is 0 Å². The maximum absolute atomic E-state index is 12.5. The SMILES string of the molecule is COCc1cccc(C(=O)N2CCC(CC(=O)O)CC2)c1. The van der Waals surface area contributed by atoms with Gasteiger partial charge in [-0.25, -0.2) is 0 Å². The van der Waals surface area contributed by atoms with Gasteiger partial charge in [0.05, 0.1) is 6.61 Å². The second kappa shape index (κ2) is 7.22. The lowest BCUT2D eigenvalue weighted by molar-refractivity contribution is -0.138. The van der Waals surface area contributed by atoms with Crippen LogP contribution in [0.15, 0.2) is 24.3 Å². The van der Waals surface area contributed by atoms with Gasteiger partial charge in [0.15, 0.2) is 0 Å². The molecule has 5 heteroatoms. The number of carbonyl (C=O) groups is 2. The van der Waals surface area contributed by atoms with Crippen molar-refractivity contribution in [3.8, 4) is 0 Å². The van der Waals surface area contributed by atoms with Crippen LogP contribution in [0.4, 0.5) is 0 Å². The number of methoxy groups -OCH3 is 1. The fourth-order valence-electron chi connectivity index (χ4n) is 2.73. The molecule has 5 nitrogen and oxygen atoms in total. The summed E-state index contributed by atoms with van der Waals surface area (Å²) in [5.41, 5.74) is 1.64. The Bertz CT molecular complexity index is 507. The minimum absolute atomic E-state index is 0.0155. The third kappa shape index (κ3) is 4.29. The van der Waals surface area contributed by atoms with Gasteiger partial charge >= 0.3 is 5.97 Å². The molecule has 21 heavy (non-hydrogen) atoms. The van der Waals surface area contributed by atoms with Crippen molar-refractivity contribution in [1.29, 1.82) is 0 Å². The van der Waals surface area contributed by atoms with E-state index in [1.165, 1.54) is 0 Å². The zero-order chi connectivity index (χ0) is 15.2. The van der Waals surface area contributed by atoms with Crippen LogP contribution in [0.3, 0.4) is 0 Å². The normalized spacial score (nSPS) is 16.0. The van der Waals surface area contributed by atoms with Gasteiger partial charge in [-0.15, -0.1) is 0 Å². The summed E-state index contributed by atoms with van der Waals surface area (Å²) in [5, 5.41) is 8.81. The third-order valence-electron chi connectivity index (χ3n) is 3.85. The number of piperidine rings is 1. The molecule has 1 aliphatic heterocycles. The maximum atomic E-state index is 12.5. The van der Waals surface area contributed by atoms with Crippen LogP contribution in [0, 0.1) is 5.92 Å². The van der Waals surface area contributed by atoms with Crippen molar-refractivity contribution in [2.24, 2.45) is 5.92 Å². The molecule has 1 aliphatic rings. The summed E-state index contributed by atoms with van der Waals surface area (Å²) in [7, 11) is 1.63. The largest absolute Gasteiger partial charge is 0.481 e. The Kier molecular flexibility index (Phi) is 5.33. The molecule has 0 saturated carbocycles. The highest BCUT2D eigenvalue weighted by Crippen LogP contribution is 2.22. The van der Waals surface area contributed by atoms with Gasteiger partial charge in [0, 0.05) is 32.2 Å². The van der Waals surface area contributed by atoms with Crippen molar-refractivity contribution < 1.29 is 19.4 Å². The summed E-state index contributed by atoms with van der Waals surface area (Å²) >= 11 is 0. The molecule has 0 aliphatic carbocycles. The third-order valence-corrected chi connectivity index (χ3v) is 3.85. The van der Waals surface area contributed by atoms with Gasteiger partial charge < -0.3 is 14.7 Å². The first-order valence-electron chi connectivity index (χ1n) is 7.19. The number of benzene rings is 1. The zero-order valence-electron chi connectivity index (χ0n) is 12.2. The summed E-state index contributed by atoms with van der Waals surface area (Å²) in [6.07, 6.45) is 1.72. The van der Waals surface area contributed by atoms with Gasteiger partial charge in [0.2, 0.25) is 0 Å². The van der Waals surface area contributed by atoms with Gasteiger partial charge in [0.25, 0.3) is 5.91 Å². The van der Waals surface area contributed by atoms with Crippen molar-refractivity contribution >= 4 is 11.9 Å². The van der Waals surface area contributed by atoms with E-state index >= 15 is 0 Å². The highest BCUT2D eigenvalue weighted by Gasteiger charge is 2.25. The van der Waals surface area contributed by atoms with E-state index in [2.05, 4.69) is 0 Å². The van der Waals surface area contributed by atoms with Crippen LogP contribution in [0.25, 0.3) is 0 Å². The fourth-order valence-corrected chi connectivity index (χ4v) is 2.73. The summed E-state index contributed by atoms with van der Waals surface area (Å²) < 4.78 is 5.08. The number of carbonyl (C=O) groups excluding carboxylic acids is 1. The lowest BCUT2D eigenvalue weighted by atomic mass is 9.93. The molecule has 114 valence electrons. The molecule has 1 N–H and O–H groups in total. The predicted octanol–water partition coefficient (Wildman–Crippen LogP) is 2.16. The molecular weight excluding hydrogens is 270 g/mol. The summed E-state index contributed by atoms with van der Waals surface area (Å²) in [6.45, 7) is 1.75. The molecule has 2 rings (SSSR count). The van der Waals surface area contributed by atoms with Crippen LogP contribution < -0.4 is 0 Å². The van der Waals surface area contributed by atoms with Crippen LogP contribution in [-0.4, -0.2) is 42.1 Å².